The number of imidazole rings is 1. The number of nitrogens with zero attached hydrogens (tertiary/aromatic N) is 4. The lowest BCUT2D eigenvalue weighted by Crippen LogP contribution is -2.18. The number of hydrogen-bond acceptors (Lipinski definition) is 8. The van der Waals surface area contributed by atoms with E-state index >= 15 is 0 Å². The van der Waals surface area contributed by atoms with E-state index in [-0.39, 0.29) is 19.3 Å². The second-order valence-corrected chi connectivity index (χ2v) is 16.8. The van der Waals surface area contributed by atoms with Crippen molar-refractivity contribution in [1.29, 1.82) is 0 Å². The summed E-state index contributed by atoms with van der Waals surface area (Å²) in [5.74, 6) is 7.51. The van der Waals surface area contributed by atoms with E-state index in [1.807, 2.05) is 0 Å². The van der Waals surface area contributed by atoms with E-state index in [0.29, 0.717) is 30.1 Å². The van der Waals surface area contributed by atoms with Gasteiger partial charge in [-0.25, -0.2) is 15.0 Å². The Morgan fingerprint density at radius 2 is 1.56 bits per heavy atom. The minimum Gasteiger partial charge on any atom is -0.382 e. The molecule has 0 aromatic carbocycles. The minimum atomic E-state index is -3.87. The summed E-state index contributed by atoms with van der Waals surface area (Å²) in [4.78, 5) is 22.4. The van der Waals surface area contributed by atoms with Crippen molar-refractivity contribution in [2.24, 2.45) is 0 Å². The monoisotopic (exact) mass is 641 g/mol. The smallest absolute Gasteiger partial charge is 0.353 e. The highest BCUT2D eigenvalue weighted by molar-refractivity contribution is 8.37. The van der Waals surface area contributed by atoms with Crippen molar-refractivity contribution >= 4 is 34.6 Å². The van der Waals surface area contributed by atoms with E-state index in [1.165, 1.54) is 75.0 Å². The fraction of sp³-hybridized carbons (Fsp3) is 0.774. The van der Waals surface area contributed by atoms with Gasteiger partial charge in [0.05, 0.1) is 32.2 Å². The standard InChI is InChI=1S/C31H56N5O5PS/c1-5-43(6-2,7-3)23-19-17-15-13-11-9-8-10-12-14-16-18-20-39-21-22-41-42(37,38)27-40-28(4)24-36-26-35-29-30(32)33-25-34-31(29)36/h25-26,28H,5-18,20-22,24,27H2,1-4H3,(H,37,38)(H2,32,33,34)/t28-/m1/s1. The highest BCUT2D eigenvalue weighted by atomic mass is 32.3. The van der Waals surface area contributed by atoms with E-state index in [4.69, 9.17) is 19.7 Å². The molecule has 2 atom stereocenters. The molecule has 43 heavy (non-hydrogen) atoms. The molecule has 10 nitrogen and oxygen atoms in total. The number of rotatable bonds is 24. The van der Waals surface area contributed by atoms with E-state index in [2.05, 4.69) is 46.9 Å². The van der Waals surface area contributed by atoms with Gasteiger partial charge in [0.1, 0.15) is 18.2 Å². The molecule has 0 bridgehead atoms. The molecule has 2 aromatic heterocycles. The summed E-state index contributed by atoms with van der Waals surface area (Å²) < 4.78 is 30.3. The van der Waals surface area contributed by atoms with Crippen molar-refractivity contribution in [2.45, 2.75) is 111 Å². The SMILES string of the molecule is CCS(C#CCCCCCCCCCCCCOCCOP(=O)(O)CO[C@H](C)Cn1cnc2c(N)ncnc21)(CC)CC. The number of anilines is 1. The molecule has 2 aromatic rings. The molecule has 2 heterocycles. The zero-order valence-electron chi connectivity index (χ0n) is 27.0. The molecule has 0 aliphatic carbocycles. The summed E-state index contributed by atoms with van der Waals surface area (Å²) in [6, 6.07) is 0. The Kier molecular flexibility index (Phi) is 18.4. The van der Waals surface area contributed by atoms with Crippen molar-refractivity contribution in [1.82, 2.24) is 19.5 Å². The minimum absolute atomic E-state index is 0.0541. The van der Waals surface area contributed by atoms with Crippen LogP contribution in [-0.2, 0) is 25.1 Å². The van der Waals surface area contributed by atoms with Gasteiger partial charge in [0.25, 0.3) is 0 Å². The lowest BCUT2D eigenvalue weighted by molar-refractivity contribution is 0.0610. The molecule has 0 amide bonds. The molecule has 0 aliphatic heterocycles. The van der Waals surface area contributed by atoms with Crippen LogP contribution in [0.2, 0.25) is 0 Å². The van der Waals surface area contributed by atoms with E-state index < -0.39 is 24.0 Å². The Morgan fingerprint density at radius 3 is 2.21 bits per heavy atom. The lowest BCUT2D eigenvalue weighted by atomic mass is 10.1. The third-order valence-corrected chi connectivity index (χ3v) is 12.7. The van der Waals surface area contributed by atoms with Gasteiger partial charge in [0.2, 0.25) is 0 Å². The predicted octanol–water partition coefficient (Wildman–Crippen LogP) is 7.11. The molecule has 0 aliphatic rings. The van der Waals surface area contributed by atoms with Crippen molar-refractivity contribution < 1.29 is 23.5 Å². The van der Waals surface area contributed by atoms with Crippen molar-refractivity contribution in [3.8, 4) is 11.2 Å². The highest BCUT2D eigenvalue weighted by Crippen LogP contribution is 2.45. The maximum absolute atomic E-state index is 12.3. The molecular formula is C31H56N5O5PS. The Labute approximate surface area is 261 Å². The normalized spacial score (nSPS) is 14.3. The van der Waals surface area contributed by atoms with Crippen LogP contribution in [0.3, 0.4) is 0 Å². The van der Waals surface area contributed by atoms with E-state index in [0.717, 1.165) is 19.3 Å². The lowest BCUT2D eigenvalue weighted by Gasteiger charge is -2.30. The van der Waals surface area contributed by atoms with Crippen LogP contribution in [-0.4, -0.2) is 73.9 Å². The second kappa shape index (κ2) is 21.1. The fourth-order valence-corrected chi connectivity index (χ4v) is 7.77. The van der Waals surface area contributed by atoms with Gasteiger partial charge in [-0.3, -0.25) is 4.57 Å². The van der Waals surface area contributed by atoms with Gasteiger partial charge >= 0.3 is 7.60 Å². The Balaban J connectivity index is 1.39. The first-order chi connectivity index (χ1) is 20.8. The third kappa shape index (κ3) is 14.8. The molecule has 2 rings (SSSR count). The molecular weight excluding hydrogens is 585 g/mol. The molecule has 1 unspecified atom stereocenters. The number of nitrogens with two attached hydrogens (primary N) is 1. The van der Waals surface area contributed by atoms with Crippen molar-refractivity contribution in [2.75, 3.05) is 49.2 Å². The first-order valence-corrected chi connectivity index (χ1v) is 20.0. The Hall–Kier alpha value is -1.67. The molecule has 0 fully saturated rings. The average molecular weight is 642 g/mol. The van der Waals surface area contributed by atoms with Gasteiger partial charge < -0.3 is 29.2 Å². The van der Waals surface area contributed by atoms with Crippen LogP contribution in [0.4, 0.5) is 5.82 Å². The quantitative estimate of drug-likeness (QED) is 0.0699. The van der Waals surface area contributed by atoms with Crippen LogP contribution in [0, 0.1) is 11.2 Å². The van der Waals surface area contributed by atoms with Crippen LogP contribution < -0.4 is 5.73 Å². The van der Waals surface area contributed by atoms with Gasteiger partial charge in [-0.05, 0) is 37.0 Å². The highest BCUT2D eigenvalue weighted by Gasteiger charge is 2.22. The fourth-order valence-electron chi connectivity index (χ4n) is 4.83. The topological polar surface area (TPSA) is 135 Å². The van der Waals surface area contributed by atoms with Crippen LogP contribution in [0.1, 0.15) is 98.3 Å². The molecule has 0 spiro atoms. The number of fused-ring (bicyclic) bond motifs is 1. The van der Waals surface area contributed by atoms with Crippen LogP contribution in [0.5, 0.6) is 0 Å². The van der Waals surface area contributed by atoms with Gasteiger partial charge in [-0.2, -0.15) is 10.0 Å². The molecule has 246 valence electrons. The van der Waals surface area contributed by atoms with Crippen molar-refractivity contribution in [3.63, 3.8) is 0 Å². The summed E-state index contributed by atoms with van der Waals surface area (Å²) in [7, 11) is -4.53. The van der Waals surface area contributed by atoms with E-state index in [1.54, 1.807) is 17.8 Å². The summed E-state index contributed by atoms with van der Waals surface area (Å²) >= 11 is 0. The number of unbranched alkanes of at least 4 members (excludes halogenated alkanes) is 10. The number of ether oxygens (including phenoxy) is 2. The molecule has 0 saturated carbocycles. The summed E-state index contributed by atoms with van der Waals surface area (Å²) in [6.45, 7) is 10.1. The first kappa shape index (κ1) is 37.5. The largest absolute Gasteiger partial charge is 0.382 e. The van der Waals surface area contributed by atoms with Gasteiger partial charge in [-0.1, -0.05) is 83.3 Å². The van der Waals surface area contributed by atoms with Gasteiger partial charge in [-0.15, -0.1) is 0 Å². The summed E-state index contributed by atoms with van der Waals surface area (Å²) in [6.07, 6.45) is 15.7. The maximum atomic E-state index is 12.3. The molecule has 12 heteroatoms. The third-order valence-electron chi connectivity index (χ3n) is 7.71. The number of hydrogen-bond donors (Lipinski definition) is 2. The summed E-state index contributed by atoms with van der Waals surface area (Å²) in [5.41, 5.74) is 6.91. The average Bonchev–Trinajstić information content (AvgIpc) is 3.41. The van der Waals surface area contributed by atoms with Gasteiger partial charge in [0.15, 0.2) is 11.5 Å². The van der Waals surface area contributed by atoms with Gasteiger partial charge in [0, 0.05) is 13.0 Å². The zero-order chi connectivity index (χ0) is 31.4. The van der Waals surface area contributed by atoms with E-state index in [9.17, 15) is 9.46 Å². The van der Waals surface area contributed by atoms with Crippen LogP contribution >= 0.6 is 17.6 Å². The summed E-state index contributed by atoms with van der Waals surface area (Å²) in [5, 5.41) is 3.64. The Morgan fingerprint density at radius 1 is 0.930 bits per heavy atom. The predicted molar refractivity (Wildman–Crippen MR) is 180 cm³/mol. The zero-order valence-corrected chi connectivity index (χ0v) is 28.7. The molecule has 3 N–H and O–H groups in total. The van der Waals surface area contributed by atoms with Crippen molar-refractivity contribution in [3.05, 3.63) is 12.7 Å². The maximum Gasteiger partial charge on any atom is 0.353 e. The molecule has 0 saturated heterocycles. The van der Waals surface area contributed by atoms with Crippen LogP contribution in [0.15, 0.2) is 12.7 Å². The number of aromatic nitrogens is 4. The first-order valence-electron chi connectivity index (χ1n) is 16.1. The number of nitrogen functional groups attached to an aromatic ring is 1. The van der Waals surface area contributed by atoms with Crippen LogP contribution in [0.25, 0.3) is 11.2 Å². The Bertz CT molecular complexity index is 1140. The second-order valence-electron chi connectivity index (χ2n) is 11.0. The molecule has 0 radical (unpaired) electrons.